The standard InChI is InChI=1S/C67H109N3O15/c1-41(2)15-12-18-45(6)50-24-25-51-48-22-21-46-38-47(26-30-65(46,9)52(48)27-31-66(50,51)10)83-56(75)28-33-70(55(74)37-43(4)17-13-16-42(3)20-23-49-44(5)19-14-29-64(49,7)8)36-35-69(11)34-32-68-62(80)58(77)57(76)60(53(73)39-71)85-63-59(78)61(79)67(81,82)54(40-72)84-63/h13,16-17,20-21,23,37,41,45,47-48,50-54,57-61,63,71-73,76-79,81-82H,12,14-15,18-19,22,24-36,38-40H2,1-11H3,(H,68,80)/b17-13+,23-20+,42-16-,43-37-/t45-,47?,48+,50-,51+,52+,53?,54?,57?,58?,59?,60?,61-,63+,65+,66-/m1/s1. The maximum absolute atomic E-state index is 14.1. The highest BCUT2D eigenvalue weighted by molar-refractivity contribution is 5.89. The van der Waals surface area contributed by atoms with Crippen LogP contribution in [0.3, 0.4) is 0 Å². The van der Waals surface area contributed by atoms with Gasteiger partial charge in [-0.25, -0.2) is 0 Å². The average molecular weight is 1200 g/mol. The van der Waals surface area contributed by atoms with E-state index in [1.807, 2.05) is 37.0 Å². The summed E-state index contributed by atoms with van der Waals surface area (Å²) in [5, 5.41) is 95.0. The number of likely N-dealkylation sites (N-methyl/N-ethyl adjacent to an activating group) is 1. The fourth-order valence-corrected chi connectivity index (χ4v) is 15.6. The van der Waals surface area contributed by atoms with Gasteiger partial charge in [-0.2, -0.15) is 0 Å². The Morgan fingerprint density at radius 3 is 2.31 bits per heavy atom. The van der Waals surface area contributed by atoms with E-state index in [1.165, 1.54) is 68.1 Å². The molecule has 18 heteroatoms. The van der Waals surface area contributed by atoms with E-state index in [0.717, 1.165) is 73.3 Å². The van der Waals surface area contributed by atoms with Crippen molar-refractivity contribution in [1.29, 1.82) is 0 Å². The number of carbonyl (C=O) groups excluding carboxylic acids is 3. The summed E-state index contributed by atoms with van der Waals surface area (Å²) < 4.78 is 16.8. The Balaban J connectivity index is 1.06. The average Bonchev–Trinajstić information content (AvgIpc) is 1.75. The van der Waals surface area contributed by atoms with E-state index in [-0.39, 0.29) is 61.4 Å². The van der Waals surface area contributed by atoms with E-state index in [0.29, 0.717) is 23.8 Å². The highest BCUT2D eigenvalue weighted by atomic mass is 16.7. The highest BCUT2D eigenvalue weighted by Gasteiger charge is 2.60. The lowest BCUT2D eigenvalue weighted by atomic mass is 9.47. The molecule has 0 aromatic heterocycles. The summed E-state index contributed by atoms with van der Waals surface area (Å²) in [5.74, 6) is -0.421. The van der Waals surface area contributed by atoms with Gasteiger partial charge in [0.05, 0.1) is 19.6 Å². The Hall–Kier alpha value is -3.63. The molecule has 0 radical (unpaired) electrons. The molecule has 18 nitrogen and oxygen atoms in total. The molecule has 4 fully saturated rings. The Kier molecular flexibility index (Phi) is 25.5. The molecule has 10 N–H and O–H groups in total. The quantitative estimate of drug-likeness (QED) is 0.0135. The van der Waals surface area contributed by atoms with Gasteiger partial charge in [0.1, 0.15) is 42.7 Å². The Morgan fingerprint density at radius 2 is 1.62 bits per heavy atom. The number of allylic oxidation sites excluding steroid dienone is 10. The molecule has 85 heavy (non-hydrogen) atoms. The van der Waals surface area contributed by atoms with Crippen molar-refractivity contribution in [3.8, 4) is 0 Å². The molecule has 5 aliphatic carbocycles. The first-order valence-electron chi connectivity index (χ1n) is 31.9. The second-order valence-corrected chi connectivity index (χ2v) is 27.9. The zero-order valence-corrected chi connectivity index (χ0v) is 53.1. The topological polar surface area (TPSA) is 279 Å². The zero-order chi connectivity index (χ0) is 62.8. The minimum absolute atomic E-state index is 0.00195. The molecule has 1 saturated heterocycles. The molecule has 0 bridgehead atoms. The first kappa shape index (κ1) is 70.5. The number of carbonyl (C=O) groups is 3. The predicted octanol–water partition coefficient (Wildman–Crippen LogP) is 6.32. The summed E-state index contributed by atoms with van der Waals surface area (Å²) in [7, 11) is 1.76. The zero-order valence-electron chi connectivity index (χ0n) is 53.1. The summed E-state index contributed by atoms with van der Waals surface area (Å²) >= 11 is 0. The lowest BCUT2D eigenvalue weighted by Crippen LogP contribution is -2.68. The summed E-state index contributed by atoms with van der Waals surface area (Å²) in [6.07, 6.45) is 13.3. The molecule has 0 aromatic carbocycles. The number of hydrogen-bond acceptors (Lipinski definition) is 16. The van der Waals surface area contributed by atoms with Crippen molar-refractivity contribution in [3.05, 3.63) is 70.4 Å². The third-order valence-electron chi connectivity index (χ3n) is 20.9. The van der Waals surface area contributed by atoms with Crippen LogP contribution in [0.25, 0.3) is 0 Å². The minimum atomic E-state index is -3.11. The first-order chi connectivity index (χ1) is 40.0. The molecule has 1 aliphatic heterocycles. The fraction of sp³-hybridized carbons (Fsp3) is 0.776. The van der Waals surface area contributed by atoms with E-state index in [4.69, 9.17) is 14.2 Å². The summed E-state index contributed by atoms with van der Waals surface area (Å²) in [6.45, 7) is 21.7. The normalized spacial score (nSPS) is 32.4. The molecule has 16 atom stereocenters. The number of rotatable bonds is 28. The van der Waals surface area contributed by atoms with Gasteiger partial charge in [-0.05, 0) is 155 Å². The monoisotopic (exact) mass is 1200 g/mol. The lowest BCUT2D eigenvalue weighted by molar-refractivity contribution is -0.396. The van der Waals surface area contributed by atoms with Gasteiger partial charge < -0.3 is 75.3 Å². The van der Waals surface area contributed by atoms with E-state index in [1.54, 1.807) is 18.0 Å². The smallest absolute Gasteiger partial charge is 0.307 e. The van der Waals surface area contributed by atoms with E-state index in [9.17, 15) is 60.3 Å². The van der Waals surface area contributed by atoms with Crippen molar-refractivity contribution in [2.45, 2.75) is 226 Å². The number of esters is 1. The van der Waals surface area contributed by atoms with Crippen LogP contribution in [0.2, 0.25) is 0 Å². The summed E-state index contributed by atoms with van der Waals surface area (Å²) in [4.78, 5) is 44.5. The molecule has 7 unspecified atom stereocenters. The van der Waals surface area contributed by atoms with Gasteiger partial charge >= 0.3 is 5.97 Å². The van der Waals surface area contributed by atoms with Crippen molar-refractivity contribution < 1.29 is 74.6 Å². The second kappa shape index (κ2) is 30.7. The van der Waals surface area contributed by atoms with Gasteiger partial charge in [0.15, 0.2) is 12.4 Å². The molecular weight excluding hydrogens is 1090 g/mol. The first-order valence-corrected chi connectivity index (χ1v) is 31.9. The SMILES string of the molecule is CC1=C(/C=C/C(C)=C\C=C\C(C)=C/C(=O)N(CCC(=O)OC2CC[C@@]3(C)C(=CC[C@H]4[C@@H]5CC[C@H]([C@H](C)CCCC(C)C)[C@@]5(C)CC[C@@H]43)C2)CCN(C)CCNC(=O)C(O)C(O)C(O[C@@H]2OC(CO)C(O)(O)[C@H](O)C2O)C(O)CO)C(C)(C)CCC1. The van der Waals surface area contributed by atoms with Crippen LogP contribution >= 0.6 is 0 Å². The van der Waals surface area contributed by atoms with E-state index >= 15 is 0 Å². The van der Waals surface area contributed by atoms with Crippen molar-refractivity contribution in [2.75, 3.05) is 53.0 Å². The number of nitrogens with zero attached hydrogens (tertiary/aromatic N) is 2. The number of amides is 2. The molecule has 0 spiro atoms. The molecule has 1 heterocycles. The van der Waals surface area contributed by atoms with Gasteiger partial charge in [-0.15, -0.1) is 0 Å². The van der Waals surface area contributed by atoms with Crippen LogP contribution in [0, 0.1) is 51.8 Å². The number of ether oxygens (including phenoxy) is 3. The molecule has 6 aliphatic rings. The molecule has 6 rings (SSSR count). The number of fused-ring (bicyclic) bond motifs is 5. The van der Waals surface area contributed by atoms with Gasteiger partial charge in [0, 0.05) is 45.2 Å². The molecular formula is C67H109N3O15. The molecule has 2 amide bonds. The van der Waals surface area contributed by atoms with Gasteiger partial charge in [0.2, 0.25) is 11.7 Å². The molecule has 0 aromatic rings. The number of aliphatic hydroxyl groups is 9. The summed E-state index contributed by atoms with van der Waals surface area (Å²) in [5.41, 5.74) is 6.68. The fourth-order valence-electron chi connectivity index (χ4n) is 15.6. The summed E-state index contributed by atoms with van der Waals surface area (Å²) in [6, 6.07) is 0. The number of nitrogens with one attached hydrogen (secondary N) is 1. The second-order valence-electron chi connectivity index (χ2n) is 27.9. The van der Waals surface area contributed by atoms with Gasteiger partial charge in [-0.1, -0.05) is 121 Å². The highest BCUT2D eigenvalue weighted by Crippen LogP contribution is 2.67. The predicted molar refractivity (Wildman–Crippen MR) is 326 cm³/mol. The Morgan fingerprint density at radius 1 is 0.894 bits per heavy atom. The maximum atomic E-state index is 14.1. The van der Waals surface area contributed by atoms with Crippen molar-refractivity contribution in [2.24, 2.45) is 51.8 Å². The third-order valence-corrected chi connectivity index (χ3v) is 20.9. The van der Waals surface area contributed by atoms with Crippen LogP contribution in [0.15, 0.2) is 70.4 Å². The lowest BCUT2D eigenvalue weighted by Gasteiger charge is -2.58. The van der Waals surface area contributed by atoms with E-state index < -0.39 is 73.9 Å². The van der Waals surface area contributed by atoms with Crippen molar-refractivity contribution >= 4 is 17.8 Å². The van der Waals surface area contributed by atoms with E-state index in [2.05, 4.69) is 78.9 Å². The molecule has 482 valence electrons. The van der Waals surface area contributed by atoms with Crippen LogP contribution in [-0.2, 0) is 28.6 Å². The Bertz CT molecular complexity index is 2430. The van der Waals surface area contributed by atoms with Crippen molar-refractivity contribution in [1.82, 2.24) is 15.1 Å². The number of hydrogen-bond donors (Lipinski definition) is 10. The minimum Gasteiger partial charge on any atom is -0.462 e. The van der Waals surface area contributed by atoms with Crippen LogP contribution in [0.1, 0.15) is 166 Å². The van der Waals surface area contributed by atoms with Crippen LogP contribution in [0.4, 0.5) is 0 Å². The van der Waals surface area contributed by atoms with Crippen LogP contribution < -0.4 is 5.32 Å². The van der Waals surface area contributed by atoms with Gasteiger partial charge in [-0.3, -0.25) is 14.4 Å². The Labute approximate surface area is 507 Å². The third kappa shape index (κ3) is 17.4. The molecule has 3 saturated carbocycles. The largest absolute Gasteiger partial charge is 0.462 e. The maximum Gasteiger partial charge on any atom is 0.307 e. The van der Waals surface area contributed by atoms with Crippen LogP contribution in [0.5, 0.6) is 0 Å². The van der Waals surface area contributed by atoms with Crippen molar-refractivity contribution in [3.63, 3.8) is 0 Å². The number of aliphatic hydroxyl groups excluding tert-OH is 7. The van der Waals surface area contributed by atoms with Crippen LogP contribution in [-0.4, -0.2) is 187 Å². The van der Waals surface area contributed by atoms with Gasteiger partial charge in [0.25, 0.3) is 5.91 Å².